The molecule has 0 spiro atoms. The van der Waals surface area contributed by atoms with Crippen molar-refractivity contribution >= 4 is 9.84 Å². The Morgan fingerprint density at radius 3 is 2.67 bits per heavy atom. The zero-order valence-electron chi connectivity index (χ0n) is 12.4. The number of hydrogen-bond donors (Lipinski definition) is 1. The molecule has 1 N–H and O–H groups in total. The van der Waals surface area contributed by atoms with Crippen LogP contribution in [0.5, 0.6) is 0 Å². The van der Waals surface area contributed by atoms with Crippen LogP contribution in [0.25, 0.3) is 0 Å². The van der Waals surface area contributed by atoms with Gasteiger partial charge in [-0.3, -0.25) is 4.98 Å². The van der Waals surface area contributed by atoms with E-state index >= 15 is 0 Å². The third kappa shape index (κ3) is 3.43. The van der Waals surface area contributed by atoms with Crippen LogP contribution in [0, 0.1) is 11.7 Å². The Morgan fingerprint density at radius 1 is 1.43 bits per heavy atom. The van der Waals surface area contributed by atoms with Crippen LogP contribution in [0.4, 0.5) is 4.39 Å². The zero-order valence-corrected chi connectivity index (χ0v) is 13.2. The predicted octanol–water partition coefficient (Wildman–Crippen LogP) is 2.42. The van der Waals surface area contributed by atoms with E-state index in [4.69, 9.17) is 0 Å². The van der Waals surface area contributed by atoms with Crippen molar-refractivity contribution in [2.24, 2.45) is 5.92 Å². The van der Waals surface area contributed by atoms with Gasteiger partial charge in [-0.25, -0.2) is 12.8 Å². The molecule has 1 aromatic rings. The van der Waals surface area contributed by atoms with Crippen LogP contribution in [0.2, 0.25) is 0 Å². The average Bonchev–Trinajstić information content (AvgIpc) is 2.46. The average molecular weight is 315 g/mol. The molecule has 1 aliphatic carbocycles. The van der Waals surface area contributed by atoms with Crippen molar-refractivity contribution in [1.29, 1.82) is 0 Å². The van der Waals surface area contributed by atoms with E-state index in [-0.39, 0.29) is 5.92 Å². The summed E-state index contributed by atoms with van der Waals surface area (Å²) >= 11 is 0. The van der Waals surface area contributed by atoms with Crippen LogP contribution in [-0.4, -0.2) is 30.0 Å². The van der Waals surface area contributed by atoms with E-state index < -0.39 is 26.5 Å². The van der Waals surface area contributed by atoms with Crippen LogP contribution in [0.15, 0.2) is 18.3 Å². The van der Waals surface area contributed by atoms with Crippen molar-refractivity contribution in [1.82, 2.24) is 4.98 Å². The van der Waals surface area contributed by atoms with E-state index in [1.807, 2.05) is 6.92 Å². The molecule has 118 valence electrons. The fourth-order valence-corrected chi connectivity index (χ4v) is 4.46. The molecule has 0 bridgehead atoms. The number of pyridine rings is 1. The number of rotatable bonds is 4. The quantitative estimate of drug-likeness (QED) is 0.926. The van der Waals surface area contributed by atoms with Gasteiger partial charge >= 0.3 is 0 Å². The molecule has 1 heterocycles. The van der Waals surface area contributed by atoms with Crippen LogP contribution < -0.4 is 0 Å². The summed E-state index contributed by atoms with van der Waals surface area (Å²) in [4.78, 5) is 4.01. The molecule has 1 saturated carbocycles. The van der Waals surface area contributed by atoms with E-state index in [0.717, 1.165) is 19.0 Å². The maximum absolute atomic E-state index is 13.0. The minimum absolute atomic E-state index is 0.172. The summed E-state index contributed by atoms with van der Waals surface area (Å²) in [5.41, 5.74) is -0.776. The molecule has 1 fully saturated rings. The summed E-state index contributed by atoms with van der Waals surface area (Å²) in [6.45, 7) is 1.84. The zero-order chi connectivity index (χ0) is 15.7. The van der Waals surface area contributed by atoms with Crippen molar-refractivity contribution in [3.63, 3.8) is 0 Å². The Hall–Kier alpha value is -1.01. The van der Waals surface area contributed by atoms with Crippen molar-refractivity contribution < 1.29 is 17.9 Å². The molecule has 1 aliphatic rings. The lowest BCUT2D eigenvalue weighted by Gasteiger charge is -2.39. The van der Waals surface area contributed by atoms with Crippen LogP contribution >= 0.6 is 0 Å². The smallest absolute Gasteiger partial charge is 0.150 e. The SMILES string of the molecule is CCC(O)(c1ccc(F)cn1)C1CCCC(S(C)(=O)=O)C1. The molecule has 0 aliphatic heterocycles. The first-order valence-electron chi connectivity index (χ1n) is 7.30. The number of sulfone groups is 1. The standard InChI is InChI=1S/C15H22FNO3S/c1-3-15(18,14-8-7-12(16)10-17-14)11-5-4-6-13(9-11)21(2,19)20/h7-8,10-11,13,18H,3-6,9H2,1-2H3. The van der Waals surface area contributed by atoms with Gasteiger partial charge in [0.2, 0.25) is 0 Å². The van der Waals surface area contributed by atoms with E-state index in [1.54, 1.807) is 0 Å². The maximum atomic E-state index is 13.0. The highest BCUT2D eigenvalue weighted by molar-refractivity contribution is 7.91. The summed E-state index contributed by atoms with van der Waals surface area (Å²) in [6, 6.07) is 2.77. The summed E-state index contributed by atoms with van der Waals surface area (Å²) in [7, 11) is -3.11. The number of halogens is 1. The summed E-state index contributed by atoms with van der Waals surface area (Å²) in [6.07, 6.45) is 5.37. The van der Waals surface area contributed by atoms with Gasteiger partial charge in [0.25, 0.3) is 0 Å². The van der Waals surface area contributed by atoms with Gasteiger partial charge in [-0.1, -0.05) is 13.3 Å². The molecule has 4 nitrogen and oxygen atoms in total. The molecule has 0 radical (unpaired) electrons. The van der Waals surface area contributed by atoms with Crippen molar-refractivity contribution in [3.8, 4) is 0 Å². The highest BCUT2D eigenvalue weighted by atomic mass is 32.2. The number of aliphatic hydroxyl groups is 1. The van der Waals surface area contributed by atoms with E-state index in [1.165, 1.54) is 18.4 Å². The first-order valence-corrected chi connectivity index (χ1v) is 9.26. The van der Waals surface area contributed by atoms with Gasteiger partial charge < -0.3 is 5.11 Å². The third-order valence-electron chi connectivity index (χ3n) is 4.62. The van der Waals surface area contributed by atoms with Gasteiger partial charge in [0.05, 0.1) is 17.1 Å². The van der Waals surface area contributed by atoms with Crippen LogP contribution in [0.1, 0.15) is 44.7 Å². The van der Waals surface area contributed by atoms with Gasteiger partial charge in [0.15, 0.2) is 0 Å². The molecule has 0 aromatic carbocycles. The summed E-state index contributed by atoms with van der Waals surface area (Å²) < 4.78 is 36.6. The third-order valence-corrected chi connectivity index (χ3v) is 6.26. The first kappa shape index (κ1) is 16.4. The number of aromatic nitrogens is 1. The Labute approximate surface area is 125 Å². The molecule has 2 rings (SSSR count). The fourth-order valence-electron chi connectivity index (χ4n) is 3.28. The second-order valence-electron chi connectivity index (χ2n) is 5.95. The summed E-state index contributed by atoms with van der Waals surface area (Å²) in [5.74, 6) is -0.621. The van der Waals surface area contributed by atoms with E-state index in [0.29, 0.717) is 25.0 Å². The number of nitrogens with zero attached hydrogens (tertiary/aromatic N) is 1. The highest BCUT2D eigenvalue weighted by Gasteiger charge is 2.42. The van der Waals surface area contributed by atoms with Crippen LogP contribution in [0.3, 0.4) is 0 Å². The molecule has 0 amide bonds. The topological polar surface area (TPSA) is 67.3 Å². The largest absolute Gasteiger partial charge is 0.383 e. The molecule has 21 heavy (non-hydrogen) atoms. The lowest BCUT2D eigenvalue weighted by atomic mass is 9.73. The molecular weight excluding hydrogens is 293 g/mol. The number of hydrogen-bond acceptors (Lipinski definition) is 4. The Kier molecular flexibility index (Phi) is 4.68. The molecule has 6 heteroatoms. The Morgan fingerprint density at radius 2 is 2.14 bits per heavy atom. The molecular formula is C15H22FNO3S. The normalized spacial score (nSPS) is 26.3. The minimum Gasteiger partial charge on any atom is -0.383 e. The molecule has 3 atom stereocenters. The van der Waals surface area contributed by atoms with Gasteiger partial charge in [-0.15, -0.1) is 0 Å². The minimum atomic E-state index is -3.11. The molecule has 1 aromatic heterocycles. The highest BCUT2D eigenvalue weighted by Crippen LogP contribution is 2.42. The monoisotopic (exact) mass is 315 g/mol. The Bertz CT molecular complexity index is 587. The second kappa shape index (κ2) is 6.01. The van der Waals surface area contributed by atoms with Gasteiger partial charge in [0, 0.05) is 6.26 Å². The second-order valence-corrected chi connectivity index (χ2v) is 8.28. The van der Waals surface area contributed by atoms with Gasteiger partial charge in [-0.2, -0.15) is 0 Å². The fraction of sp³-hybridized carbons (Fsp3) is 0.667. The van der Waals surface area contributed by atoms with Crippen molar-refractivity contribution in [2.75, 3.05) is 6.26 Å². The Balaban J connectivity index is 2.29. The van der Waals surface area contributed by atoms with E-state index in [9.17, 15) is 17.9 Å². The predicted molar refractivity (Wildman–Crippen MR) is 79.0 cm³/mol. The van der Waals surface area contributed by atoms with Gasteiger partial charge in [-0.05, 0) is 43.7 Å². The van der Waals surface area contributed by atoms with Crippen molar-refractivity contribution in [2.45, 2.75) is 49.9 Å². The molecule has 0 saturated heterocycles. The van der Waals surface area contributed by atoms with Crippen molar-refractivity contribution in [3.05, 3.63) is 29.8 Å². The maximum Gasteiger partial charge on any atom is 0.150 e. The molecule has 3 unspecified atom stereocenters. The summed E-state index contributed by atoms with van der Waals surface area (Å²) in [5, 5.41) is 10.6. The first-order chi connectivity index (χ1) is 9.77. The lowest BCUT2D eigenvalue weighted by molar-refractivity contribution is -0.0452. The lowest BCUT2D eigenvalue weighted by Crippen LogP contribution is -2.41. The van der Waals surface area contributed by atoms with Gasteiger partial charge in [0.1, 0.15) is 21.3 Å². The van der Waals surface area contributed by atoms with Crippen LogP contribution in [-0.2, 0) is 15.4 Å². The van der Waals surface area contributed by atoms with E-state index in [2.05, 4.69) is 4.98 Å².